The Kier molecular flexibility index (Phi) is 3.76. The molecular formula is C15H18N4O. The molecule has 0 bridgehead atoms. The SMILES string of the molecule is O=C(CCc1cccc(-n2ccnn2)c1)N1CCCC1. The van der Waals surface area contributed by atoms with Gasteiger partial charge in [0.15, 0.2) is 0 Å². The lowest BCUT2D eigenvalue weighted by Gasteiger charge is -2.15. The molecule has 1 aromatic heterocycles. The Labute approximate surface area is 118 Å². The van der Waals surface area contributed by atoms with Gasteiger partial charge in [-0.3, -0.25) is 4.79 Å². The summed E-state index contributed by atoms with van der Waals surface area (Å²) in [6.45, 7) is 1.86. The molecule has 1 saturated heterocycles. The van der Waals surface area contributed by atoms with Crippen LogP contribution in [0.1, 0.15) is 24.8 Å². The number of carbonyl (C=O) groups excluding carboxylic acids is 1. The van der Waals surface area contributed by atoms with Gasteiger partial charge in [-0.2, -0.15) is 0 Å². The number of aromatic nitrogens is 3. The van der Waals surface area contributed by atoms with Crippen LogP contribution < -0.4 is 0 Å². The highest BCUT2D eigenvalue weighted by Crippen LogP contribution is 2.13. The summed E-state index contributed by atoms with van der Waals surface area (Å²) in [6, 6.07) is 8.09. The quantitative estimate of drug-likeness (QED) is 0.851. The lowest BCUT2D eigenvalue weighted by molar-refractivity contribution is -0.130. The molecule has 0 saturated carbocycles. The number of amides is 1. The zero-order valence-electron chi connectivity index (χ0n) is 11.4. The molecule has 1 amide bonds. The summed E-state index contributed by atoms with van der Waals surface area (Å²) in [5, 5.41) is 7.78. The average Bonchev–Trinajstić information content (AvgIpc) is 3.17. The van der Waals surface area contributed by atoms with Crippen LogP contribution in [0.3, 0.4) is 0 Å². The van der Waals surface area contributed by atoms with Crippen molar-refractivity contribution in [1.29, 1.82) is 0 Å². The van der Waals surface area contributed by atoms with Gasteiger partial charge in [-0.1, -0.05) is 17.3 Å². The molecule has 1 aliphatic heterocycles. The van der Waals surface area contributed by atoms with Crippen LogP contribution in [0.4, 0.5) is 0 Å². The maximum Gasteiger partial charge on any atom is 0.222 e. The van der Waals surface area contributed by atoms with E-state index in [9.17, 15) is 4.79 Å². The monoisotopic (exact) mass is 270 g/mol. The fourth-order valence-corrected chi connectivity index (χ4v) is 2.58. The molecule has 2 aromatic rings. The molecule has 0 atom stereocenters. The lowest BCUT2D eigenvalue weighted by Crippen LogP contribution is -2.27. The summed E-state index contributed by atoms with van der Waals surface area (Å²) in [7, 11) is 0. The second kappa shape index (κ2) is 5.86. The van der Waals surface area contributed by atoms with Gasteiger partial charge in [-0.05, 0) is 37.0 Å². The smallest absolute Gasteiger partial charge is 0.222 e. The van der Waals surface area contributed by atoms with Crippen LogP contribution in [-0.2, 0) is 11.2 Å². The Morgan fingerprint density at radius 2 is 2.10 bits per heavy atom. The third kappa shape index (κ3) is 2.87. The number of likely N-dealkylation sites (tertiary alicyclic amines) is 1. The van der Waals surface area contributed by atoms with Gasteiger partial charge in [0, 0.05) is 19.5 Å². The van der Waals surface area contributed by atoms with E-state index in [1.807, 2.05) is 23.2 Å². The van der Waals surface area contributed by atoms with E-state index in [0.717, 1.165) is 43.6 Å². The first-order chi connectivity index (χ1) is 9.83. The normalized spacial score (nSPS) is 14.7. The zero-order chi connectivity index (χ0) is 13.8. The van der Waals surface area contributed by atoms with Gasteiger partial charge in [0.05, 0.1) is 18.1 Å². The van der Waals surface area contributed by atoms with Crippen molar-refractivity contribution in [3.8, 4) is 5.69 Å². The van der Waals surface area contributed by atoms with Crippen LogP contribution in [-0.4, -0.2) is 38.9 Å². The molecule has 104 valence electrons. The topological polar surface area (TPSA) is 51.0 Å². The van der Waals surface area contributed by atoms with Crippen LogP contribution in [0.25, 0.3) is 5.69 Å². The van der Waals surface area contributed by atoms with Gasteiger partial charge in [0.25, 0.3) is 0 Å². The first-order valence-corrected chi connectivity index (χ1v) is 7.06. The molecule has 1 aliphatic rings. The van der Waals surface area contributed by atoms with Crippen molar-refractivity contribution in [1.82, 2.24) is 19.9 Å². The maximum atomic E-state index is 12.0. The Morgan fingerprint density at radius 1 is 1.25 bits per heavy atom. The Hall–Kier alpha value is -2.17. The number of hydrogen-bond acceptors (Lipinski definition) is 3. The molecule has 5 heteroatoms. The van der Waals surface area contributed by atoms with Crippen LogP contribution in [0, 0.1) is 0 Å². The molecule has 2 heterocycles. The number of carbonyl (C=O) groups is 1. The molecule has 0 spiro atoms. The summed E-state index contributed by atoms with van der Waals surface area (Å²) < 4.78 is 1.73. The van der Waals surface area contributed by atoms with E-state index in [-0.39, 0.29) is 5.91 Å². The fourth-order valence-electron chi connectivity index (χ4n) is 2.58. The average molecular weight is 270 g/mol. The van der Waals surface area contributed by atoms with E-state index >= 15 is 0 Å². The molecule has 3 rings (SSSR count). The van der Waals surface area contributed by atoms with E-state index in [2.05, 4.69) is 22.4 Å². The predicted octanol–water partition coefficient (Wildman–Crippen LogP) is 1.82. The highest BCUT2D eigenvalue weighted by molar-refractivity contribution is 5.76. The van der Waals surface area contributed by atoms with E-state index < -0.39 is 0 Å². The van der Waals surface area contributed by atoms with Crippen molar-refractivity contribution in [2.24, 2.45) is 0 Å². The molecule has 1 aromatic carbocycles. The highest BCUT2D eigenvalue weighted by Gasteiger charge is 2.17. The maximum absolute atomic E-state index is 12.0. The first kappa shape index (κ1) is 12.8. The molecule has 5 nitrogen and oxygen atoms in total. The molecule has 20 heavy (non-hydrogen) atoms. The van der Waals surface area contributed by atoms with Crippen LogP contribution >= 0.6 is 0 Å². The zero-order valence-corrected chi connectivity index (χ0v) is 11.4. The van der Waals surface area contributed by atoms with Crippen molar-refractivity contribution in [2.45, 2.75) is 25.7 Å². The second-order valence-electron chi connectivity index (χ2n) is 5.11. The van der Waals surface area contributed by atoms with E-state index in [4.69, 9.17) is 0 Å². The molecule has 0 radical (unpaired) electrons. The van der Waals surface area contributed by atoms with Gasteiger partial charge in [0.2, 0.25) is 5.91 Å². The first-order valence-electron chi connectivity index (χ1n) is 7.06. The van der Waals surface area contributed by atoms with Gasteiger partial charge >= 0.3 is 0 Å². The van der Waals surface area contributed by atoms with Crippen LogP contribution in [0.5, 0.6) is 0 Å². The van der Waals surface area contributed by atoms with Crippen molar-refractivity contribution < 1.29 is 4.79 Å². The Balaban J connectivity index is 1.63. The van der Waals surface area contributed by atoms with Gasteiger partial charge in [0.1, 0.15) is 0 Å². The molecule has 0 unspecified atom stereocenters. The minimum atomic E-state index is 0.272. The standard InChI is InChI=1S/C15H18N4O/c20-15(18-9-1-2-10-18)7-6-13-4-3-5-14(12-13)19-11-8-16-17-19/h3-5,8,11-12H,1-2,6-7,9-10H2. The summed E-state index contributed by atoms with van der Waals surface area (Å²) in [4.78, 5) is 14.0. The molecule has 1 fully saturated rings. The van der Waals surface area contributed by atoms with Crippen molar-refractivity contribution in [3.05, 3.63) is 42.2 Å². The number of nitrogens with zero attached hydrogens (tertiary/aromatic N) is 4. The van der Waals surface area contributed by atoms with Crippen LogP contribution in [0.15, 0.2) is 36.7 Å². The molecule has 0 N–H and O–H groups in total. The fraction of sp³-hybridized carbons (Fsp3) is 0.400. The third-order valence-corrected chi connectivity index (χ3v) is 3.68. The summed E-state index contributed by atoms with van der Waals surface area (Å²) >= 11 is 0. The van der Waals surface area contributed by atoms with Crippen molar-refractivity contribution in [2.75, 3.05) is 13.1 Å². The minimum absolute atomic E-state index is 0.272. The highest BCUT2D eigenvalue weighted by atomic mass is 16.2. The number of aryl methyl sites for hydroxylation is 1. The Morgan fingerprint density at radius 3 is 2.85 bits per heavy atom. The summed E-state index contributed by atoms with van der Waals surface area (Å²) in [5.41, 5.74) is 2.14. The minimum Gasteiger partial charge on any atom is -0.343 e. The summed E-state index contributed by atoms with van der Waals surface area (Å²) in [5.74, 6) is 0.272. The van der Waals surface area contributed by atoms with Crippen LogP contribution in [0.2, 0.25) is 0 Å². The number of rotatable bonds is 4. The summed E-state index contributed by atoms with van der Waals surface area (Å²) in [6.07, 6.45) is 7.12. The number of benzene rings is 1. The predicted molar refractivity (Wildman–Crippen MR) is 75.5 cm³/mol. The Bertz CT molecular complexity index is 573. The second-order valence-corrected chi connectivity index (χ2v) is 5.11. The third-order valence-electron chi connectivity index (χ3n) is 3.68. The van der Waals surface area contributed by atoms with Crippen molar-refractivity contribution >= 4 is 5.91 Å². The molecule has 0 aliphatic carbocycles. The van der Waals surface area contributed by atoms with Gasteiger partial charge in [-0.25, -0.2) is 4.68 Å². The van der Waals surface area contributed by atoms with E-state index in [0.29, 0.717) is 6.42 Å². The van der Waals surface area contributed by atoms with E-state index in [1.54, 1.807) is 10.9 Å². The largest absolute Gasteiger partial charge is 0.343 e. The number of hydrogen-bond donors (Lipinski definition) is 0. The van der Waals surface area contributed by atoms with E-state index in [1.165, 1.54) is 0 Å². The van der Waals surface area contributed by atoms with Gasteiger partial charge in [-0.15, -0.1) is 5.10 Å². The molecular weight excluding hydrogens is 252 g/mol. The lowest BCUT2D eigenvalue weighted by atomic mass is 10.1. The van der Waals surface area contributed by atoms with Crippen molar-refractivity contribution in [3.63, 3.8) is 0 Å². The van der Waals surface area contributed by atoms with Gasteiger partial charge < -0.3 is 4.90 Å².